The average molecular weight is 379 g/mol. The van der Waals surface area contributed by atoms with Crippen molar-refractivity contribution in [3.63, 3.8) is 0 Å². The Balaban J connectivity index is 2.29. The molecule has 0 bridgehead atoms. The number of rotatable bonds is 7. The summed E-state index contributed by atoms with van der Waals surface area (Å²) >= 11 is 3.26. The van der Waals surface area contributed by atoms with E-state index in [-0.39, 0.29) is 10.9 Å². The van der Waals surface area contributed by atoms with Crippen LogP contribution in [0.4, 0.5) is 4.39 Å². The van der Waals surface area contributed by atoms with Crippen LogP contribution in [0.1, 0.15) is 38.7 Å². The first-order valence-electron chi connectivity index (χ1n) is 7.07. The molecule has 7 heteroatoms. The summed E-state index contributed by atoms with van der Waals surface area (Å²) in [6.45, 7) is 3.96. The molecule has 1 aliphatic carbocycles. The van der Waals surface area contributed by atoms with Crippen LogP contribution in [0, 0.1) is 5.82 Å². The molecule has 1 saturated carbocycles. The van der Waals surface area contributed by atoms with E-state index in [2.05, 4.69) is 26.0 Å². The van der Waals surface area contributed by atoms with Crippen LogP contribution in [0.2, 0.25) is 0 Å². The summed E-state index contributed by atoms with van der Waals surface area (Å²) in [5.74, 6) is -0.679. The largest absolute Gasteiger partial charge is 0.310 e. The summed E-state index contributed by atoms with van der Waals surface area (Å²) in [7, 11) is -3.85. The molecule has 0 amide bonds. The predicted molar refractivity (Wildman–Crippen MR) is 84.0 cm³/mol. The van der Waals surface area contributed by atoms with Crippen molar-refractivity contribution < 1.29 is 12.8 Å². The molecular formula is C14H20BrFN2O2S. The van der Waals surface area contributed by atoms with Gasteiger partial charge in [0.25, 0.3) is 0 Å². The molecule has 1 fully saturated rings. The lowest BCUT2D eigenvalue weighted by Crippen LogP contribution is -2.33. The second-order valence-electron chi connectivity index (χ2n) is 5.46. The van der Waals surface area contributed by atoms with Gasteiger partial charge in [0.1, 0.15) is 10.7 Å². The van der Waals surface area contributed by atoms with E-state index < -0.39 is 15.8 Å². The van der Waals surface area contributed by atoms with E-state index >= 15 is 0 Å². The van der Waals surface area contributed by atoms with Gasteiger partial charge in [-0.05, 0) is 38.3 Å². The Kier molecular flexibility index (Phi) is 5.40. The van der Waals surface area contributed by atoms with E-state index in [1.807, 2.05) is 6.92 Å². The Bertz CT molecular complexity index is 618. The second-order valence-corrected chi connectivity index (χ2v) is 8.06. The van der Waals surface area contributed by atoms with E-state index in [0.29, 0.717) is 29.0 Å². The van der Waals surface area contributed by atoms with Crippen LogP contribution in [0.3, 0.4) is 0 Å². The molecule has 0 heterocycles. The van der Waals surface area contributed by atoms with Crippen LogP contribution in [-0.4, -0.2) is 20.5 Å². The number of sulfonamides is 1. The van der Waals surface area contributed by atoms with Gasteiger partial charge in [-0.3, -0.25) is 0 Å². The summed E-state index contributed by atoms with van der Waals surface area (Å²) in [4.78, 5) is -0.301. The maximum Gasteiger partial charge on any atom is 0.243 e. The zero-order valence-corrected chi connectivity index (χ0v) is 14.5. The summed E-state index contributed by atoms with van der Waals surface area (Å²) in [5, 5.41) is 3.20. The maximum absolute atomic E-state index is 14.5. The number of hydrogen-bond donors (Lipinski definition) is 2. The Morgan fingerprint density at radius 2 is 2.10 bits per heavy atom. The van der Waals surface area contributed by atoms with Gasteiger partial charge < -0.3 is 5.32 Å². The molecular weight excluding hydrogens is 359 g/mol. The highest BCUT2D eigenvalue weighted by atomic mass is 79.9. The highest BCUT2D eigenvalue weighted by Crippen LogP contribution is 2.26. The Labute approximate surface area is 133 Å². The molecule has 1 aliphatic rings. The van der Waals surface area contributed by atoms with E-state index in [9.17, 15) is 12.8 Å². The first-order chi connectivity index (χ1) is 9.83. The standard InChI is InChI=1S/C14H20BrFN2O2S/c1-3-9(2)18-21(19,20)13-7-11(15)6-10(14(13)16)8-17-12-4-5-12/h6-7,9,12,17-18H,3-5,8H2,1-2H3. The minimum Gasteiger partial charge on any atom is -0.310 e. The van der Waals surface area contributed by atoms with Gasteiger partial charge in [0.05, 0.1) is 0 Å². The third kappa shape index (κ3) is 4.48. The van der Waals surface area contributed by atoms with Crippen LogP contribution in [-0.2, 0) is 16.6 Å². The molecule has 0 aliphatic heterocycles. The normalized spacial score (nSPS) is 17.0. The number of benzene rings is 1. The fourth-order valence-electron chi connectivity index (χ4n) is 1.90. The third-order valence-electron chi connectivity index (χ3n) is 3.50. The molecule has 118 valence electrons. The number of nitrogens with one attached hydrogen (secondary N) is 2. The van der Waals surface area contributed by atoms with Crippen molar-refractivity contribution >= 4 is 26.0 Å². The minimum atomic E-state index is -3.85. The van der Waals surface area contributed by atoms with Crippen LogP contribution in [0.25, 0.3) is 0 Å². The van der Waals surface area contributed by atoms with Crippen molar-refractivity contribution in [3.05, 3.63) is 28.0 Å². The number of halogens is 2. The molecule has 1 aromatic rings. The molecule has 4 nitrogen and oxygen atoms in total. The first kappa shape index (κ1) is 16.9. The molecule has 21 heavy (non-hydrogen) atoms. The number of hydrogen-bond acceptors (Lipinski definition) is 3. The summed E-state index contributed by atoms with van der Waals surface area (Å²) < 4.78 is 42.1. The molecule has 0 aromatic heterocycles. The Morgan fingerprint density at radius 3 is 2.67 bits per heavy atom. The van der Waals surface area contributed by atoms with Crippen LogP contribution < -0.4 is 10.0 Å². The smallest absolute Gasteiger partial charge is 0.243 e. The van der Waals surface area contributed by atoms with Gasteiger partial charge in [0.2, 0.25) is 10.0 Å². The minimum absolute atomic E-state index is 0.235. The van der Waals surface area contributed by atoms with Gasteiger partial charge in [-0.2, -0.15) is 0 Å². The summed E-state index contributed by atoms with van der Waals surface area (Å²) in [6.07, 6.45) is 2.83. The molecule has 2 N–H and O–H groups in total. The van der Waals surface area contributed by atoms with Gasteiger partial charge in [-0.1, -0.05) is 22.9 Å². The second kappa shape index (κ2) is 6.73. The lowest BCUT2D eigenvalue weighted by atomic mass is 10.2. The van der Waals surface area contributed by atoms with Crippen molar-refractivity contribution in [3.8, 4) is 0 Å². The molecule has 0 radical (unpaired) electrons. The van der Waals surface area contributed by atoms with Crippen LogP contribution in [0.5, 0.6) is 0 Å². The Morgan fingerprint density at radius 1 is 1.43 bits per heavy atom. The van der Waals surface area contributed by atoms with Crippen LogP contribution >= 0.6 is 15.9 Å². The average Bonchev–Trinajstić information content (AvgIpc) is 3.22. The highest BCUT2D eigenvalue weighted by molar-refractivity contribution is 9.10. The molecule has 1 aromatic carbocycles. The highest BCUT2D eigenvalue weighted by Gasteiger charge is 2.25. The summed E-state index contributed by atoms with van der Waals surface area (Å²) in [6, 6.07) is 3.12. The summed E-state index contributed by atoms with van der Waals surface area (Å²) in [5.41, 5.74) is 0.362. The van der Waals surface area contributed by atoms with Crippen molar-refractivity contribution in [2.24, 2.45) is 0 Å². The van der Waals surface area contributed by atoms with E-state index in [1.165, 1.54) is 6.07 Å². The monoisotopic (exact) mass is 378 g/mol. The van der Waals surface area contributed by atoms with Crippen molar-refractivity contribution in [1.29, 1.82) is 0 Å². The van der Waals surface area contributed by atoms with Gasteiger partial charge in [-0.25, -0.2) is 17.5 Å². The SMILES string of the molecule is CCC(C)NS(=O)(=O)c1cc(Br)cc(CNC2CC2)c1F. The fraction of sp³-hybridized carbons (Fsp3) is 0.571. The molecule has 2 rings (SSSR count). The van der Waals surface area contributed by atoms with Gasteiger partial charge in [-0.15, -0.1) is 0 Å². The van der Waals surface area contributed by atoms with E-state index in [0.717, 1.165) is 12.8 Å². The zero-order chi connectivity index (χ0) is 15.6. The lowest BCUT2D eigenvalue weighted by Gasteiger charge is -2.15. The van der Waals surface area contributed by atoms with E-state index in [1.54, 1.807) is 13.0 Å². The van der Waals surface area contributed by atoms with Gasteiger partial charge in [0.15, 0.2) is 0 Å². The van der Waals surface area contributed by atoms with Gasteiger partial charge in [0, 0.05) is 28.7 Å². The predicted octanol–water partition coefficient (Wildman–Crippen LogP) is 2.92. The van der Waals surface area contributed by atoms with Gasteiger partial charge >= 0.3 is 0 Å². The fourth-order valence-corrected chi connectivity index (χ4v) is 4.03. The molecule has 0 spiro atoms. The van der Waals surface area contributed by atoms with Crippen molar-refractivity contribution in [1.82, 2.24) is 10.0 Å². The first-order valence-corrected chi connectivity index (χ1v) is 9.34. The quantitative estimate of drug-likeness (QED) is 0.766. The maximum atomic E-state index is 14.5. The lowest BCUT2D eigenvalue weighted by molar-refractivity contribution is 0.529. The zero-order valence-electron chi connectivity index (χ0n) is 12.1. The molecule has 1 atom stereocenters. The van der Waals surface area contributed by atoms with Crippen LogP contribution in [0.15, 0.2) is 21.5 Å². The molecule has 1 unspecified atom stereocenters. The topological polar surface area (TPSA) is 58.2 Å². The van der Waals surface area contributed by atoms with Crippen molar-refractivity contribution in [2.75, 3.05) is 0 Å². The van der Waals surface area contributed by atoms with Crippen molar-refractivity contribution in [2.45, 2.75) is 56.6 Å². The third-order valence-corrected chi connectivity index (χ3v) is 5.54. The molecule has 0 saturated heterocycles. The Hall–Kier alpha value is -0.500. The van der Waals surface area contributed by atoms with E-state index in [4.69, 9.17) is 0 Å².